The second kappa shape index (κ2) is 5.59. The maximum absolute atomic E-state index is 13.0. The van der Waals surface area contributed by atoms with E-state index in [4.69, 9.17) is 0 Å². The molecule has 0 aliphatic heterocycles. The lowest BCUT2D eigenvalue weighted by Crippen LogP contribution is -2.05. The number of nitrogens with zero attached hydrogens (tertiary/aromatic N) is 1. The molecule has 2 nitrogen and oxygen atoms in total. The Labute approximate surface area is 114 Å². The van der Waals surface area contributed by atoms with Gasteiger partial charge in [0.15, 0.2) is 0 Å². The Morgan fingerprint density at radius 3 is 2.78 bits per heavy atom. The molecule has 0 bridgehead atoms. The standard InChI is InChI=1S/C14H13BrFNO/c1-9-4-5-17-13(6-9)14(18)7-10-2-3-11(16)8-12(10)15/h2-6,8,14,18H,7H2,1H3. The predicted octanol–water partition coefficient (Wildman–Crippen LogP) is 3.57. The third kappa shape index (κ3) is 3.15. The van der Waals surface area contributed by atoms with Gasteiger partial charge in [-0.25, -0.2) is 4.39 Å². The summed E-state index contributed by atoms with van der Waals surface area (Å²) >= 11 is 3.29. The van der Waals surface area contributed by atoms with Gasteiger partial charge in [-0.1, -0.05) is 22.0 Å². The van der Waals surface area contributed by atoms with Gasteiger partial charge in [0, 0.05) is 17.1 Å². The number of aliphatic hydroxyl groups is 1. The average molecular weight is 310 g/mol. The summed E-state index contributed by atoms with van der Waals surface area (Å²) in [6, 6.07) is 8.17. The van der Waals surface area contributed by atoms with E-state index < -0.39 is 6.10 Å². The van der Waals surface area contributed by atoms with E-state index in [-0.39, 0.29) is 5.82 Å². The Morgan fingerprint density at radius 2 is 2.11 bits per heavy atom. The van der Waals surface area contributed by atoms with E-state index in [0.29, 0.717) is 16.6 Å². The minimum Gasteiger partial charge on any atom is -0.386 e. The number of aryl methyl sites for hydroxylation is 1. The third-order valence-electron chi connectivity index (χ3n) is 2.71. The van der Waals surface area contributed by atoms with Gasteiger partial charge in [-0.15, -0.1) is 0 Å². The van der Waals surface area contributed by atoms with E-state index in [1.54, 1.807) is 12.3 Å². The van der Waals surface area contributed by atoms with Crippen molar-refractivity contribution in [3.8, 4) is 0 Å². The van der Waals surface area contributed by atoms with Crippen LogP contribution in [0.25, 0.3) is 0 Å². The van der Waals surface area contributed by atoms with Crippen LogP contribution in [-0.4, -0.2) is 10.1 Å². The minimum absolute atomic E-state index is 0.297. The zero-order valence-electron chi connectivity index (χ0n) is 9.90. The normalized spacial score (nSPS) is 12.4. The van der Waals surface area contributed by atoms with Crippen LogP contribution in [0.2, 0.25) is 0 Å². The lowest BCUT2D eigenvalue weighted by Gasteiger charge is -2.12. The molecule has 0 saturated carbocycles. The quantitative estimate of drug-likeness (QED) is 0.940. The summed E-state index contributed by atoms with van der Waals surface area (Å²) in [7, 11) is 0. The van der Waals surface area contributed by atoms with E-state index in [1.807, 2.05) is 19.1 Å². The third-order valence-corrected chi connectivity index (χ3v) is 3.44. The summed E-state index contributed by atoms with van der Waals surface area (Å²) in [5.74, 6) is -0.297. The van der Waals surface area contributed by atoms with Crippen LogP contribution >= 0.6 is 15.9 Å². The lowest BCUT2D eigenvalue weighted by molar-refractivity contribution is 0.173. The molecular formula is C14H13BrFNO. The van der Waals surface area contributed by atoms with Crippen molar-refractivity contribution in [2.45, 2.75) is 19.4 Å². The van der Waals surface area contributed by atoms with Gasteiger partial charge < -0.3 is 5.11 Å². The number of pyridine rings is 1. The molecule has 1 aromatic carbocycles. The van der Waals surface area contributed by atoms with Crippen LogP contribution in [0.5, 0.6) is 0 Å². The monoisotopic (exact) mass is 309 g/mol. The van der Waals surface area contributed by atoms with E-state index >= 15 is 0 Å². The van der Waals surface area contributed by atoms with Gasteiger partial charge >= 0.3 is 0 Å². The van der Waals surface area contributed by atoms with Crippen LogP contribution in [0, 0.1) is 12.7 Å². The lowest BCUT2D eigenvalue weighted by atomic mass is 10.0. The Balaban J connectivity index is 2.18. The topological polar surface area (TPSA) is 33.1 Å². The number of halogens is 2. The Kier molecular flexibility index (Phi) is 4.09. The number of benzene rings is 1. The highest BCUT2D eigenvalue weighted by Gasteiger charge is 2.12. The molecular weight excluding hydrogens is 297 g/mol. The number of hydrogen-bond donors (Lipinski definition) is 1. The van der Waals surface area contributed by atoms with Crippen LogP contribution in [0.1, 0.15) is 22.9 Å². The van der Waals surface area contributed by atoms with E-state index in [2.05, 4.69) is 20.9 Å². The number of aromatic nitrogens is 1. The number of hydrogen-bond acceptors (Lipinski definition) is 2. The first-order valence-electron chi connectivity index (χ1n) is 5.61. The van der Waals surface area contributed by atoms with E-state index in [9.17, 15) is 9.50 Å². The van der Waals surface area contributed by atoms with Gasteiger partial charge in [0.1, 0.15) is 5.82 Å². The Morgan fingerprint density at radius 1 is 1.33 bits per heavy atom. The molecule has 0 saturated heterocycles. The molecule has 0 aliphatic rings. The zero-order chi connectivity index (χ0) is 13.1. The smallest absolute Gasteiger partial charge is 0.124 e. The SMILES string of the molecule is Cc1ccnc(C(O)Cc2ccc(F)cc2Br)c1. The van der Waals surface area contributed by atoms with Gasteiger partial charge in [0.05, 0.1) is 11.8 Å². The van der Waals surface area contributed by atoms with Crippen LogP contribution in [0.4, 0.5) is 4.39 Å². The van der Waals surface area contributed by atoms with Crippen LogP contribution in [0.15, 0.2) is 41.0 Å². The second-order valence-corrected chi connectivity index (χ2v) is 5.07. The molecule has 1 atom stereocenters. The molecule has 4 heteroatoms. The molecule has 1 heterocycles. The average Bonchev–Trinajstić information content (AvgIpc) is 2.32. The van der Waals surface area contributed by atoms with Gasteiger partial charge in [-0.05, 0) is 42.3 Å². The molecule has 0 aliphatic carbocycles. The van der Waals surface area contributed by atoms with Gasteiger partial charge in [0.25, 0.3) is 0 Å². The molecule has 1 aromatic heterocycles. The largest absolute Gasteiger partial charge is 0.386 e. The molecule has 0 spiro atoms. The molecule has 1 N–H and O–H groups in total. The highest BCUT2D eigenvalue weighted by Crippen LogP contribution is 2.24. The van der Waals surface area contributed by atoms with Gasteiger partial charge in [-0.2, -0.15) is 0 Å². The van der Waals surface area contributed by atoms with Crippen molar-refractivity contribution in [1.82, 2.24) is 4.98 Å². The summed E-state index contributed by atoms with van der Waals surface area (Å²) in [5.41, 5.74) is 2.54. The van der Waals surface area contributed by atoms with Crippen molar-refractivity contribution < 1.29 is 9.50 Å². The summed E-state index contributed by atoms with van der Waals surface area (Å²) in [4.78, 5) is 4.14. The molecule has 94 valence electrons. The summed E-state index contributed by atoms with van der Waals surface area (Å²) in [5, 5.41) is 10.1. The van der Waals surface area contributed by atoms with Crippen molar-refractivity contribution >= 4 is 15.9 Å². The van der Waals surface area contributed by atoms with Crippen LogP contribution in [-0.2, 0) is 6.42 Å². The first kappa shape index (κ1) is 13.2. The second-order valence-electron chi connectivity index (χ2n) is 4.21. The number of rotatable bonds is 3. The molecule has 2 rings (SSSR count). The molecule has 2 aromatic rings. The molecule has 0 amide bonds. The van der Waals surface area contributed by atoms with E-state index in [0.717, 1.165) is 11.1 Å². The fourth-order valence-corrected chi connectivity index (χ4v) is 2.25. The molecule has 0 fully saturated rings. The van der Waals surface area contributed by atoms with Crippen molar-refractivity contribution in [2.75, 3.05) is 0 Å². The summed E-state index contributed by atoms with van der Waals surface area (Å²) in [6.07, 6.45) is 1.39. The fourth-order valence-electron chi connectivity index (χ4n) is 1.74. The van der Waals surface area contributed by atoms with Crippen molar-refractivity contribution in [3.05, 3.63) is 63.6 Å². The zero-order valence-corrected chi connectivity index (χ0v) is 11.5. The van der Waals surface area contributed by atoms with Crippen LogP contribution < -0.4 is 0 Å². The maximum Gasteiger partial charge on any atom is 0.124 e. The van der Waals surface area contributed by atoms with Gasteiger partial charge in [0.2, 0.25) is 0 Å². The predicted molar refractivity (Wildman–Crippen MR) is 71.7 cm³/mol. The van der Waals surface area contributed by atoms with Crippen LogP contribution in [0.3, 0.4) is 0 Å². The molecule has 1 unspecified atom stereocenters. The summed E-state index contributed by atoms with van der Waals surface area (Å²) in [6.45, 7) is 1.95. The first-order chi connectivity index (χ1) is 8.56. The van der Waals surface area contributed by atoms with Crippen molar-refractivity contribution in [1.29, 1.82) is 0 Å². The molecule has 0 radical (unpaired) electrons. The molecule has 18 heavy (non-hydrogen) atoms. The Hall–Kier alpha value is -1.26. The Bertz CT molecular complexity index is 559. The van der Waals surface area contributed by atoms with Crippen molar-refractivity contribution in [3.63, 3.8) is 0 Å². The number of aliphatic hydroxyl groups excluding tert-OH is 1. The summed E-state index contributed by atoms with van der Waals surface area (Å²) < 4.78 is 13.6. The first-order valence-corrected chi connectivity index (χ1v) is 6.40. The fraction of sp³-hybridized carbons (Fsp3) is 0.214. The highest BCUT2D eigenvalue weighted by molar-refractivity contribution is 9.10. The maximum atomic E-state index is 13.0. The minimum atomic E-state index is -0.688. The van der Waals surface area contributed by atoms with E-state index in [1.165, 1.54) is 12.1 Å². The van der Waals surface area contributed by atoms with Gasteiger partial charge in [-0.3, -0.25) is 4.98 Å². The van der Waals surface area contributed by atoms with Crippen molar-refractivity contribution in [2.24, 2.45) is 0 Å². The highest BCUT2D eigenvalue weighted by atomic mass is 79.9.